The minimum absolute atomic E-state index is 0.0682. The first-order chi connectivity index (χ1) is 13.2. The first-order valence-corrected chi connectivity index (χ1v) is 9.54. The fraction of sp³-hybridized carbons (Fsp3) is 0.364. The Labute approximate surface area is 159 Å². The highest BCUT2D eigenvalue weighted by Gasteiger charge is 2.29. The standard InChI is InChI=1S/C22H25N3O2/c1-15(22-23-18-8-4-5-9-19(18)24-22)25-14-13-16(11-12-21(25)26)17-7-3-6-10-20(17)27-2/h3-10,15-16H,11-14H2,1-2H3,(H,23,24). The number of amides is 1. The SMILES string of the molecule is COc1ccccc1C1CCC(=O)N(C(C)c2nc3ccccc3[nH]2)CC1. The highest BCUT2D eigenvalue weighted by Crippen LogP contribution is 2.36. The van der Waals surface area contributed by atoms with Crippen LogP contribution in [0.2, 0.25) is 0 Å². The zero-order valence-corrected chi connectivity index (χ0v) is 15.8. The predicted molar refractivity (Wildman–Crippen MR) is 106 cm³/mol. The summed E-state index contributed by atoms with van der Waals surface area (Å²) in [6, 6.07) is 16.0. The van der Waals surface area contributed by atoms with E-state index in [9.17, 15) is 4.79 Å². The van der Waals surface area contributed by atoms with Crippen LogP contribution in [0.5, 0.6) is 5.75 Å². The Morgan fingerprint density at radius 1 is 1.15 bits per heavy atom. The van der Waals surface area contributed by atoms with Gasteiger partial charge in [0.15, 0.2) is 0 Å². The quantitative estimate of drug-likeness (QED) is 0.746. The number of nitrogens with zero attached hydrogens (tertiary/aromatic N) is 2. The molecule has 1 saturated heterocycles. The fourth-order valence-corrected chi connectivity index (χ4v) is 4.05. The predicted octanol–water partition coefficient (Wildman–Crippen LogP) is 4.43. The number of methoxy groups -OCH3 is 1. The van der Waals surface area contributed by atoms with Crippen LogP contribution in [0.25, 0.3) is 11.0 Å². The van der Waals surface area contributed by atoms with E-state index >= 15 is 0 Å². The number of likely N-dealkylation sites (tertiary alicyclic amines) is 1. The molecule has 1 N–H and O–H groups in total. The van der Waals surface area contributed by atoms with Crippen LogP contribution in [-0.4, -0.2) is 34.4 Å². The van der Waals surface area contributed by atoms with Crippen LogP contribution in [0.1, 0.15) is 49.5 Å². The molecule has 0 saturated carbocycles. The number of hydrogen-bond donors (Lipinski definition) is 1. The van der Waals surface area contributed by atoms with Crippen LogP contribution in [0.4, 0.5) is 0 Å². The lowest BCUT2D eigenvalue weighted by atomic mass is 9.91. The zero-order valence-electron chi connectivity index (χ0n) is 15.8. The Morgan fingerprint density at radius 3 is 2.74 bits per heavy atom. The molecule has 0 spiro atoms. The maximum absolute atomic E-state index is 12.8. The second-order valence-corrected chi connectivity index (χ2v) is 7.17. The van der Waals surface area contributed by atoms with Crippen molar-refractivity contribution in [1.82, 2.24) is 14.9 Å². The van der Waals surface area contributed by atoms with Gasteiger partial charge in [0.2, 0.25) is 5.91 Å². The number of para-hydroxylation sites is 3. The number of rotatable bonds is 4. The molecule has 2 unspecified atom stereocenters. The molecule has 27 heavy (non-hydrogen) atoms. The van der Waals surface area contributed by atoms with Crippen LogP contribution in [0.15, 0.2) is 48.5 Å². The van der Waals surface area contributed by atoms with E-state index in [2.05, 4.69) is 23.0 Å². The molecule has 0 radical (unpaired) electrons. The zero-order chi connectivity index (χ0) is 18.8. The number of aromatic amines is 1. The van der Waals surface area contributed by atoms with Gasteiger partial charge < -0.3 is 14.6 Å². The second kappa shape index (κ2) is 7.43. The number of carbonyl (C=O) groups is 1. The van der Waals surface area contributed by atoms with E-state index in [4.69, 9.17) is 4.74 Å². The van der Waals surface area contributed by atoms with Crippen LogP contribution in [0.3, 0.4) is 0 Å². The number of hydrogen-bond acceptors (Lipinski definition) is 3. The average molecular weight is 363 g/mol. The largest absolute Gasteiger partial charge is 0.496 e. The van der Waals surface area contributed by atoms with Crippen LogP contribution in [-0.2, 0) is 4.79 Å². The van der Waals surface area contributed by atoms with Crippen LogP contribution < -0.4 is 4.74 Å². The molecule has 3 aromatic rings. The summed E-state index contributed by atoms with van der Waals surface area (Å²) in [5.41, 5.74) is 3.15. The van der Waals surface area contributed by atoms with Crippen molar-refractivity contribution in [2.24, 2.45) is 0 Å². The number of ether oxygens (including phenoxy) is 1. The average Bonchev–Trinajstić information content (AvgIpc) is 3.05. The molecule has 5 heteroatoms. The summed E-state index contributed by atoms with van der Waals surface area (Å²) in [6.45, 7) is 2.78. The Hall–Kier alpha value is -2.82. The first-order valence-electron chi connectivity index (χ1n) is 9.54. The molecule has 140 valence electrons. The third-order valence-electron chi connectivity index (χ3n) is 5.60. The Kier molecular flexibility index (Phi) is 4.84. The van der Waals surface area contributed by atoms with Crippen LogP contribution >= 0.6 is 0 Å². The van der Waals surface area contributed by atoms with E-state index in [1.165, 1.54) is 5.56 Å². The Bertz CT molecular complexity index is 916. The highest BCUT2D eigenvalue weighted by molar-refractivity contribution is 5.78. The molecule has 0 aliphatic carbocycles. The van der Waals surface area contributed by atoms with Gasteiger partial charge in [0.1, 0.15) is 11.6 Å². The number of imidazole rings is 1. The van der Waals surface area contributed by atoms with Crippen molar-refractivity contribution in [3.05, 3.63) is 59.9 Å². The van der Waals surface area contributed by atoms with Crippen LogP contribution in [0, 0.1) is 0 Å². The number of benzene rings is 2. The van der Waals surface area contributed by atoms with Crippen molar-refractivity contribution in [3.63, 3.8) is 0 Å². The van der Waals surface area contributed by atoms with Gasteiger partial charge in [-0.1, -0.05) is 30.3 Å². The lowest BCUT2D eigenvalue weighted by Crippen LogP contribution is -2.33. The lowest BCUT2D eigenvalue weighted by Gasteiger charge is -2.27. The molecule has 1 amide bonds. The molecule has 2 atom stereocenters. The molecule has 2 heterocycles. The smallest absolute Gasteiger partial charge is 0.223 e. The van der Waals surface area contributed by atoms with Gasteiger partial charge in [0.05, 0.1) is 24.2 Å². The monoisotopic (exact) mass is 363 g/mol. The maximum Gasteiger partial charge on any atom is 0.223 e. The van der Waals surface area contributed by atoms with Gasteiger partial charge in [-0.25, -0.2) is 4.98 Å². The van der Waals surface area contributed by atoms with Crippen molar-refractivity contribution in [2.75, 3.05) is 13.7 Å². The lowest BCUT2D eigenvalue weighted by molar-refractivity contribution is -0.132. The molecule has 4 rings (SSSR count). The van der Waals surface area contributed by atoms with E-state index in [0.717, 1.165) is 42.0 Å². The van der Waals surface area contributed by atoms with E-state index in [0.29, 0.717) is 12.3 Å². The molecule has 1 fully saturated rings. The third kappa shape index (κ3) is 3.42. The number of nitrogens with one attached hydrogen (secondary N) is 1. The van der Waals surface area contributed by atoms with E-state index < -0.39 is 0 Å². The van der Waals surface area contributed by atoms with Gasteiger partial charge in [-0.15, -0.1) is 0 Å². The number of fused-ring (bicyclic) bond motifs is 1. The topological polar surface area (TPSA) is 58.2 Å². The third-order valence-corrected chi connectivity index (χ3v) is 5.60. The van der Waals surface area contributed by atoms with Gasteiger partial charge in [-0.3, -0.25) is 4.79 Å². The van der Waals surface area contributed by atoms with Crippen molar-refractivity contribution >= 4 is 16.9 Å². The summed E-state index contributed by atoms with van der Waals surface area (Å²) in [5, 5.41) is 0. The van der Waals surface area contributed by atoms with Crippen molar-refractivity contribution in [2.45, 2.75) is 38.1 Å². The van der Waals surface area contributed by atoms with Gasteiger partial charge in [0.25, 0.3) is 0 Å². The molecule has 2 aromatic carbocycles. The molecule has 5 nitrogen and oxygen atoms in total. The molecular formula is C22H25N3O2. The Morgan fingerprint density at radius 2 is 1.93 bits per heavy atom. The number of carbonyl (C=O) groups excluding carboxylic acids is 1. The van der Waals surface area contributed by atoms with Gasteiger partial charge in [-0.2, -0.15) is 0 Å². The maximum atomic E-state index is 12.8. The molecule has 1 aliphatic heterocycles. The van der Waals surface area contributed by atoms with E-state index in [-0.39, 0.29) is 11.9 Å². The normalized spacial score (nSPS) is 19.1. The summed E-state index contributed by atoms with van der Waals surface area (Å²) in [6.07, 6.45) is 2.33. The van der Waals surface area contributed by atoms with Crippen molar-refractivity contribution < 1.29 is 9.53 Å². The van der Waals surface area contributed by atoms with Gasteiger partial charge in [0, 0.05) is 13.0 Å². The Balaban J connectivity index is 1.55. The number of H-pyrrole nitrogens is 1. The molecule has 1 aliphatic rings. The summed E-state index contributed by atoms with van der Waals surface area (Å²) in [7, 11) is 1.70. The second-order valence-electron chi connectivity index (χ2n) is 7.17. The van der Waals surface area contributed by atoms with E-state index in [1.807, 2.05) is 47.4 Å². The minimum Gasteiger partial charge on any atom is -0.496 e. The molecule has 0 bridgehead atoms. The van der Waals surface area contributed by atoms with Crippen molar-refractivity contribution in [3.8, 4) is 5.75 Å². The fourth-order valence-electron chi connectivity index (χ4n) is 4.05. The van der Waals surface area contributed by atoms with E-state index in [1.54, 1.807) is 7.11 Å². The molecule has 1 aromatic heterocycles. The summed E-state index contributed by atoms with van der Waals surface area (Å²) < 4.78 is 5.53. The minimum atomic E-state index is -0.0682. The molecular weight excluding hydrogens is 338 g/mol. The highest BCUT2D eigenvalue weighted by atomic mass is 16.5. The van der Waals surface area contributed by atoms with Gasteiger partial charge in [-0.05, 0) is 49.4 Å². The van der Waals surface area contributed by atoms with Gasteiger partial charge >= 0.3 is 0 Å². The van der Waals surface area contributed by atoms with Crippen molar-refractivity contribution in [1.29, 1.82) is 0 Å². The summed E-state index contributed by atoms with van der Waals surface area (Å²) in [5.74, 6) is 2.28. The summed E-state index contributed by atoms with van der Waals surface area (Å²) >= 11 is 0. The summed E-state index contributed by atoms with van der Waals surface area (Å²) in [4.78, 5) is 22.9. The first kappa shape index (κ1) is 17.6. The number of aromatic nitrogens is 2.